The van der Waals surface area contributed by atoms with Gasteiger partial charge in [-0.15, -0.1) is 0 Å². The van der Waals surface area contributed by atoms with Gasteiger partial charge in [0.25, 0.3) is 5.69 Å². The van der Waals surface area contributed by atoms with E-state index in [4.69, 9.17) is 4.74 Å². The maximum atomic E-state index is 13.0. The summed E-state index contributed by atoms with van der Waals surface area (Å²) in [5.41, 5.74) is -2.24. The molecule has 1 saturated heterocycles. The van der Waals surface area contributed by atoms with Gasteiger partial charge in [0.2, 0.25) is 5.72 Å². The fourth-order valence-electron chi connectivity index (χ4n) is 1.95. The Balaban J connectivity index is 2.21. The topological polar surface area (TPSA) is 64.4 Å². The Morgan fingerprint density at radius 2 is 2.00 bits per heavy atom. The summed E-state index contributed by atoms with van der Waals surface area (Å²) in [6, 6.07) is 4.95. The molecule has 19 heavy (non-hydrogen) atoms. The molecule has 5 nitrogen and oxygen atoms in total. The molecule has 1 N–H and O–H groups in total. The number of nitro benzene ring substituents is 1. The van der Waals surface area contributed by atoms with Gasteiger partial charge < -0.3 is 4.74 Å². The molecular weight excluding hydrogens is 265 g/mol. The highest BCUT2D eigenvalue weighted by molar-refractivity contribution is 5.33. The number of nitrogens with one attached hydrogen (secondary N) is 1. The third-order valence-electron chi connectivity index (χ3n) is 2.92. The first kappa shape index (κ1) is 13.8. The second-order valence-corrected chi connectivity index (χ2v) is 4.20. The van der Waals surface area contributed by atoms with Crippen LogP contribution in [0.15, 0.2) is 24.3 Å². The summed E-state index contributed by atoms with van der Waals surface area (Å²) in [4.78, 5) is 9.86. The Bertz CT molecular complexity index is 467. The number of halogens is 3. The number of ether oxygens (including phenoxy) is 1. The Hall–Kier alpha value is -1.67. The molecule has 0 bridgehead atoms. The predicted molar refractivity (Wildman–Crippen MR) is 59.5 cm³/mol. The second kappa shape index (κ2) is 4.78. The summed E-state index contributed by atoms with van der Waals surface area (Å²) in [7, 11) is 0. The van der Waals surface area contributed by atoms with Crippen LogP contribution in [-0.4, -0.2) is 30.0 Å². The minimum absolute atomic E-state index is 0.0213. The van der Waals surface area contributed by atoms with E-state index in [1.807, 2.05) is 0 Å². The molecule has 1 fully saturated rings. The van der Waals surface area contributed by atoms with Crippen molar-refractivity contribution in [3.63, 3.8) is 0 Å². The number of alkyl halides is 3. The van der Waals surface area contributed by atoms with Crippen molar-refractivity contribution in [2.75, 3.05) is 13.2 Å². The summed E-state index contributed by atoms with van der Waals surface area (Å²) < 4.78 is 43.9. The molecule has 0 spiro atoms. The van der Waals surface area contributed by atoms with Gasteiger partial charge in [0.1, 0.15) is 0 Å². The minimum Gasteiger partial charge on any atom is -0.350 e. The molecule has 1 aliphatic heterocycles. The Labute approximate surface area is 106 Å². The monoisotopic (exact) mass is 276 g/mol. The molecule has 0 aliphatic carbocycles. The van der Waals surface area contributed by atoms with Crippen LogP contribution in [0.2, 0.25) is 0 Å². The van der Waals surface area contributed by atoms with Gasteiger partial charge in [0.15, 0.2) is 0 Å². The lowest BCUT2D eigenvalue weighted by atomic mass is 10.0. The summed E-state index contributed by atoms with van der Waals surface area (Å²) in [6.45, 7) is 0.0962. The molecule has 1 aromatic rings. The highest BCUT2D eigenvalue weighted by atomic mass is 19.4. The average Bonchev–Trinajstić information content (AvgIpc) is 2.79. The molecule has 8 heteroatoms. The van der Waals surface area contributed by atoms with Crippen molar-refractivity contribution in [1.82, 2.24) is 5.32 Å². The SMILES string of the molecule is O=[N+]([O-])c1ccc(CC2(C(F)(F)F)NCCO2)cc1. The normalized spacial score (nSPS) is 23.5. The smallest absolute Gasteiger partial charge is 0.350 e. The first-order valence-electron chi connectivity index (χ1n) is 5.53. The van der Waals surface area contributed by atoms with Crippen LogP contribution in [-0.2, 0) is 11.2 Å². The molecule has 0 aromatic heterocycles. The van der Waals surface area contributed by atoms with Crippen molar-refractivity contribution in [2.24, 2.45) is 0 Å². The molecule has 104 valence electrons. The highest BCUT2D eigenvalue weighted by Gasteiger charge is 2.57. The lowest BCUT2D eigenvalue weighted by molar-refractivity contribution is -0.384. The zero-order valence-corrected chi connectivity index (χ0v) is 9.74. The van der Waals surface area contributed by atoms with E-state index in [1.54, 1.807) is 0 Å². The van der Waals surface area contributed by atoms with Gasteiger partial charge in [-0.05, 0) is 5.56 Å². The van der Waals surface area contributed by atoms with Crippen LogP contribution in [0.25, 0.3) is 0 Å². The van der Waals surface area contributed by atoms with Gasteiger partial charge in [-0.3, -0.25) is 15.4 Å². The number of benzene rings is 1. The molecule has 0 saturated carbocycles. The number of nitrogens with zero attached hydrogens (tertiary/aromatic N) is 1. The molecule has 1 aromatic carbocycles. The van der Waals surface area contributed by atoms with E-state index in [1.165, 1.54) is 24.3 Å². The van der Waals surface area contributed by atoms with Crippen LogP contribution in [0.1, 0.15) is 5.56 Å². The van der Waals surface area contributed by atoms with Gasteiger partial charge in [-0.1, -0.05) is 12.1 Å². The molecule has 0 radical (unpaired) electrons. The third-order valence-corrected chi connectivity index (χ3v) is 2.92. The summed E-state index contributed by atoms with van der Waals surface area (Å²) in [5.74, 6) is 0. The minimum atomic E-state index is -4.55. The number of nitro groups is 1. The first-order chi connectivity index (χ1) is 8.84. The van der Waals surface area contributed by atoms with E-state index >= 15 is 0 Å². The number of rotatable bonds is 3. The summed E-state index contributed by atoms with van der Waals surface area (Å²) in [5, 5.41) is 12.8. The van der Waals surface area contributed by atoms with Crippen molar-refractivity contribution in [3.05, 3.63) is 39.9 Å². The van der Waals surface area contributed by atoms with Gasteiger partial charge in [0.05, 0.1) is 11.5 Å². The van der Waals surface area contributed by atoms with Crippen LogP contribution >= 0.6 is 0 Å². The van der Waals surface area contributed by atoms with Gasteiger partial charge in [-0.2, -0.15) is 13.2 Å². The Morgan fingerprint density at radius 3 is 2.42 bits per heavy atom. The fraction of sp³-hybridized carbons (Fsp3) is 0.455. The van der Waals surface area contributed by atoms with Crippen LogP contribution in [0.3, 0.4) is 0 Å². The largest absolute Gasteiger partial charge is 0.431 e. The maximum absolute atomic E-state index is 13.0. The van der Waals surface area contributed by atoms with E-state index in [9.17, 15) is 23.3 Å². The standard InChI is InChI=1S/C11H11F3N2O3/c12-11(13,14)10(15-5-6-19-10)7-8-1-3-9(4-2-8)16(17)18/h1-4,15H,5-7H2. The zero-order valence-electron chi connectivity index (χ0n) is 9.74. The average molecular weight is 276 g/mol. The number of hydrogen-bond donors (Lipinski definition) is 1. The van der Waals surface area contributed by atoms with Crippen molar-refractivity contribution in [2.45, 2.75) is 18.3 Å². The van der Waals surface area contributed by atoms with Crippen LogP contribution < -0.4 is 5.32 Å². The lowest BCUT2D eigenvalue weighted by Gasteiger charge is -2.30. The molecule has 1 aliphatic rings. The summed E-state index contributed by atoms with van der Waals surface area (Å²) >= 11 is 0. The second-order valence-electron chi connectivity index (χ2n) is 4.20. The third kappa shape index (κ3) is 2.69. The van der Waals surface area contributed by atoms with E-state index < -0.39 is 23.2 Å². The van der Waals surface area contributed by atoms with Gasteiger partial charge in [0, 0.05) is 25.1 Å². The summed E-state index contributed by atoms with van der Waals surface area (Å²) in [6.07, 6.45) is -4.97. The fourth-order valence-corrected chi connectivity index (χ4v) is 1.95. The molecule has 1 unspecified atom stereocenters. The van der Waals surface area contributed by atoms with E-state index in [-0.39, 0.29) is 18.8 Å². The van der Waals surface area contributed by atoms with Crippen molar-refractivity contribution in [1.29, 1.82) is 0 Å². The Kier molecular flexibility index (Phi) is 3.46. The van der Waals surface area contributed by atoms with Gasteiger partial charge in [-0.25, -0.2) is 0 Å². The molecule has 0 amide bonds. The zero-order chi connectivity index (χ0) is 14.1. The Morgan fingerprint density at radius 1 is 1.37 bits per heavy atom. The molecule has 1 atom stereocenters. The lowest BCUT2D eigenvalue weighted by Crippen LogP contribution is -2.55. The van der Waals surface area contributed by atoms with Crippen LogP contribution in [0, 0.1) is 10.1 Å². The van der Waals surface area contributed by atoms with Crippen molar-refractivity contribution >= 4 is 5.69 Å². The highest BCUT2D eigenvalue weighted by Crippen LogP contribution is 2.36. The van der Waals surface area contributed by atoms with Gasteiger partial charge >= 0.3 is 6.18 Å². The van der Waals surface area contributed by atoms with E-state index in [0.29, 0.717) is 5.56 Å². The molecule has 2 rings (SSSR count). The predicted octanol–water partition coefficient (Wildman–Crippen LogP) is 2.02. The van der Waals surface area contributed by atoms with E-state index in [0.717, 1.165) is 0 Å². The van der Waals surface area contributed by atoms with Crippen LogP contribution in [0.5, 0.6) is 0 Å². The number of hydrogen-bond acceptors (Lipinski definition) is 4. The van der Waals surface area contributed by atoms with Crippen LogP contribution in [0.4, 0.5) is 18.9 Å². The molecule has 1 heterocycles. The van der Waals surface area contributed by atoms with Crippen molar-refractivity contribution in [3.8, 4) is 0 Å². The maximum Gasteiger partial charge on any atom is 0.431 e. The van der Waals surface area contributed by atoms with E-state index in [2.05, 4.69) is 5.32 Å². The quantitative estimate of drug-likeness (QED) is 0.677. The molecular formula is C11H11F3N2O3. The first-order valence-corrected chi connectivity index (χ1v) is 5.53. The number of non-ortho nitro benzene ring substituents is 1. The van der Waals surface area contributed by atoms with Crippen molar-refractivity contribution < 1.29 is 22.8 Å².